The van der Waals surface area contributed by atoms with E-state index in [4.69, 9.17) is 4.74 Å². The normalized spacial score (nSPS) is 16.3. The van der Waals surface area contributed by atoms with Crippen LogP contribution in [0, 0.1) is 5.82 Å². The summed E-state index contributed by atoms with van der Waals surface area (Å²) in [6.45, 7) is 0.689. The number of hydrogen-bond acceptors (Lipinski definition) is 1. The third kappa shape index (κ3) is 1.60. The molecule has 0 saturated heterocycles. The van der Waals surface area contributed by atoms with Crippen LogP contribution in [0.25, 0.3) is 11.3 Å². The van der Waals surface area contributed by atoms with Crippen LogP contribution in [0.15, 0.2) is 42.5 Å². The van der Waals surface area contributed by atoms with Gasteiger partial charge in [0.1, 0.15) is 11.6 Å². The van der Waals surface area contributed by atoms with Crippen molar-refractivity contribution in [2.24, 2.45) is 0 Å². The summed E-state index contributed by atoms with van der Waals surface area (Å²) in [6, 6.07) is 13.4. The number of benzene rings is 2. The molecule has 2 aromatic carbocycles. The van der Waals surface area contributed by atoms with E-state index in [-0.39, 0.29) is 5.82 Å². The molecule has 0 amide bonds. The van der Waals surface area contributed by atoms with Gasteiger partial charge in [0, 0.05) is 17.6 Å². The molecular weight excluding hydrogens is 239 g/mol. The fourth-order valence-corrected chi connectivity index (χ4v) is 3.04. The monoisotopic (exact) mass is 252 g/mol. The molecule has 0 atom stereocenters. The van der Waals surface area contributed by atoms with Crippen LogP contribution in [0.3, 0.4) is 0 Å². The molecule has 1 aliphatic carbocycles. The lowest BCUT2D eigenvalue weighted by atomic mass is 9.97. The Balaban J connectivity index is 2.04. The Morgan fingerprint density at radius 2 is 1.79 bits per heavy atom. The minimum atomic E-state index is -0.202. The van der Waals surface area contributed by atoms with Crippen molar-refractivity contribution in [1.82, 2.24) is 0 Å². The highest BCUT2D eigenvalue weighted by molar-refractivity contribution is 5.92. The fraction of sp³-hybridized carbons (Fsp3) is 0.176. The zero-order valence-corrected chi connectivity index (χ0v) is 10.4. The first-order valence-electron chi connectivity index (χ1n) is 6.56. The third-order valence-corrected chi connectivity index (χ3v) is 3.91. The molecule has 0 unspecified atom stereocenters. The largest absolute Gasteiger partial charge is 0.492 e. The van der Waals surface area contributed by atoms with Gasteiger partial charge in [-0.3, -0.25) is 0 Å². The first-order valence-corrected chi connectivity index (χ1v) is 6.56. The van der Waals surface area contributed by atoms with Crippen molar-refractivity contribution < 1.29 is 9.13 Å². The van der Waals surface area contributed by atoms with Gasteiger partial charge in [0.25, 0.3) is 0 Å². The van der Waals surface area contributed by atoms with Crippen molar-refractivity contribution in [3.8, 4) is 0 Å². The fourth-order valence-electron chi connectivity index (χ4n) is 3.04. The van der Waals surface area contributed by atoms with Gasteiger partial charge in [0.05, 0.1) is 6.61 Å². The number of rotatable bonds is 0. The summed E-state index contributed by atoms with van der Waals surface area (Å²) >= 11 is 0. The van der Waals surface area contributed by atoms with E-state index in [9.17, 15) is 4.39 Å². The van der Waals surface area contributed by atoms with Gasteiger partial charge in [-0.15, -0.1) is 0 Å². The van der Waals surface area contributed by atoms with E-state index in [0.717, 1.165) is 29.7 Å². The summed E-state index contributed by atoms with van der Waals surface area (Å²) in [7, 11) is 0. The zero-order valence-electron chi connectivity index (χ0n) is 10.4. The quantitative estimate of drug-likeness (QED) is 0.688. The smallest absolute Gasteiger partial charge is 0.130 e. The molecule has 1 heterocycles. The van der Waals surface area contributed by atoms with E-state index in [1.807, 2.05) is 6.07 Å². The summed E-state index contributed by atoms with van der Waals surface area (Å²) in [5.41, 5.74) is 5.84. The van der Waals surface area contributed by atoms with Gasteiger partial charge in [0.15, 0.2) is 0 Å². The minimum absolute atomic E-state index is 0.202. The van der Waals surface area contributed by atoms with Gasteiger partial charge in [-0.1, -0.05) is 30.3 Å². The first kappa shape index (κ1) is 10.8. The maximum Gasteiger partial charge on any atom is 0.130 e. The minimum Gasteiger partial charge on any atom is -0.492 e. The van der Waals surface area contributed by atoms with E-state index in [1.54, 1.807) is 6.07 Å². The summed E-state index contributed by atoms with van der Waals surface area (Å²) in [5.74, 6) is 0.673. The molecule has 2 heteroatoms. The Morgan fingerprint density at radius 1 is 0.947 bits per heavy atom. The molecule has 4 rings (SSSR count). The van der Waals surface area contributed by atoms with Crippen molar-refractivity contribution >= 4 is 11.3 Å². The first-order chi connectivity index (χ1) is 9.33. The van der Waals surface area contributed by atoms with E-state index in [2.05, 4.69) is 24.3 Å². The summed E-state index contributed by atoms with van der Waals surface area (Å²) in [6.07, 6.45) is 1.74. The molecular formula is C17H13FO. The molecule has 0 fully saturated rings. The summed E-state index contributed by atoms with van der Waals surface area (Å²) < 4.78 is 19.3. The number of hydrogen-bond donors (Lipinski definition) is 0. The van der Waals surface area contributed by atoms with Gasteiger partial charge < -0.3 is 4.74 Å². The van der Waals surface area contributed by atoms with Gasteiger partial charge in [-0.25, -0.2) is 4.39 Å². The van der Waals surface area contributed by atoms with Gasteiger partial charge in [-0.05, 0) is 35.2 Å². The summed E-state index contributed by atoms with van der Waals surface area (Å²) in [4.78, 5) is 0. The van der Waals surface area contributed by atoms with E-state index in [0.29, 0.717) is 6.61 Å². The Hall–Kier alpha value is -2.09. The average molecular weight is 252 g/mol. The van der Waals surface area contributed by atoms with Crippen molar-refractivity contribution in [2.45, 2.75) is 12.8 Å². The molecule has 94 valence electrons. The second kappa shape index (κ2) is 3.95. The predicted octanol–water partition coefficient (Wildman–Crippen LogP) is 4.02. The second-order valence-corrected chi connectivity index (χ2v) is 5.04. The number of fused-ring (bicyclic) bond motifs is 4. The lowest BCUT2D eigenvalue weighted by molar-refractivity contribution is 0.307. The molecule has 19 heavy (non-hydrogen) atoms. The molecule has 0 bridgehead atoms. The highest BCUT2D eigenvalue weighted by atomic mass is 19.1. The molecule has 0 saturated carbocycles. The van der Waals surface area contributed by atoms with Crippen molar-refractivity contribution in [2.75, 3.05) is 6.61 Å². The van der Waals surface area contributed by atoms with Crippen molar-refractivity contribution in [3.05, 3.63) is 70.5 Å². The summed E-state index contributed by atoms with van der Waals surface area (Å²) in [5, 5.41) is 0. The Labute approximate surface area is 111 Å². The van der Waals surface area contributed by atoms with Gasteiger partial charge >= 0.3 is 0 Å². The average Bonchev–Trinajstić information content (AvgIpc) is 2.86. The van der Waals surface area contributed by atoms with Crippen LogP contribution in [0.4, 0.5) is 4.39 Å². The highest BCUT2D eigenvalue weighted by Crippen LogP contribution is 2.41. The maximum atomic E-state index is 13.5. The Kier molecular flexibility index (Phi) is 2.25. The topological polar surface area (TPSA) is 9.23 Å². The molecule has 0 aromatic heterocycles. The molecule has 0 N–H and O–H groups in total. The second-order valence-electron chi connectivity index (χ2n) is 5.04. The maximum absolute atomic E-state index is 13.5. The van der Waals surface area contributed by atoms with Gasteiger partial charge in [0.2, 0.25) is 0 Å². The molecule has 2 aromatic rings. The SMILES string of the molecule is Fc1ccc2c(c1)C1=C(CCO1)c1ccccc1C2. The lowest BCUT2D eigenvalue weighted by Gasteiger charge is -2.09. The molecule has 0 spiro atoms. The Morgan fingerprint density at radius 3 is 2.74 bits per heavy atom. The van der Waals surface area contributed by atoms with Crippen LogP contribution < -0.4 is 0 Å². The van der Waals surface area contributed by atoms with Crippen LogP contribution in [-0.2, 0) is 11.2 Å². The predicted molar refractivity (Wildman–Crippen MR) is 73.0 cm³/mol. The Bertz CT molecular complexity index is 700. The lowest BCUT2D eigenvalue weighted by Crippen LogP contribution is -1.96. The van der Waals surface area contributed by atoms with Crippen molar-refractivity contribution in [1.29, 1.82) is 0 Å². The zero-order chi connectivity index (χ0) is 12.8. The van der Waals surface area contributed by atoms with E-state index >= 15 is 0 Å². The molecule has 0 radical (unpaired) electrons. The third-order valence-electron chi connectivity index (χ3n) is 3.91. The van der Waals surface area contributed by atoms with E-state index in [1.165, 1.54) is 22.8 Å². The molecule has 2 aliphatic rings. The van der Waals surface area contributed by atoms with E-state index < -0.39 is 0 Å². The van der Waals surface area contributed by atoms with Crippen LogP contribution in [-0.4, -0.2) is 6.61 Å². The van der Waals surface area contributed by atoms with Gasteiger partial charge in [-0.2, -0.15) is 0 Å². The van der Waals surface area contributed by atoms with Crippen LogP contribution in [0.5, 0.6) is 0 Å². The van der Waals surface area contributed by atoms with Crippen LogP contribution >= 0.6 is 0 Å². The highest BCUT2D eigenvalue weighted by Gasteiger charge is 2.26. The molecule has 1 nitrogen and oxygen atoms in total. The number of halogens is 1. The van der Waals surface area contributed by atoms with Crippen LogP contribution in [0.1, 0.15) is 28.7 Å². The van der Waals surface area contributed by atoms with Crippen LogP contribution in [0.2, 0.25) is 0 Å². The number of ether oxygens (including phenoxy) is 1. The van der Waals surface area contributed by atoms with Crippen molar-refractivity contribution in [3.63, 3.8) is 0 Å². The standard InChI is InChI=1S/C17H13FO/c18-13-6-5-12-9-11-3-1-2-4-14(11)15-7-8-19-17(15)16(12)10-13/h1-6,10H,7-9H2. The molecule has 1 aliphatic heterocycles.